The molecule has 0 aliphatic heterocycles. The lowest BCUT2D eigenvalue weighted by Crippen LogP contribution is -2.31. The van der Waals surface area contributed by atoms with Crippen molar-refractivity contribution in [3.63, 3.8) is 0 Å². The number of fused-ring (bicyclic) bond motifs is 1. The zero-order valence-electron chi connectivity index (χ0n) is 18.5. The Morgan fingerprint density at radius 3 is 2.64 bits per heavy atom. The fraction of sp³-hybridized carbons (Fsp3) is 0.292. The first kappa shape index (κ1) is 22.5. The fourth-order valence-electron chi connectivity index (χ4n) is 3.63. The number of phenolic OH excluding ortho intramolecular Hbond substituents is 1. The largest absolute Gasteiger partial charge is 0.508 e. The molecule has 0 saturated carbocycles. The van der Waals surface area contributed by atoms with Crippen LogP contribution in [0.3, 0.4) is 0 Å². The highest BCUT2D eigenvalue weighted by atomic mass is 19.1. The summed E-state index contributed by atoms with van der Waals surface area (Å²) >= 11 is 0. The van der Waals surface area contributed by atoms with E-state index in [1.807, 2.05) is 41.8 Å². The van der Waals surface area contributed by atoms with Gasteiger partial charge in [-0.1, -0.05) is 37.3 Å². The van der Waals surface area contributed by atoms with Crippen molar-refractivity contribution < 1.29 is 14.6 Å². The maximum atomic E-state index is 13.6. The van der Waals surface area contributed by atoms with Crippen LogP contribution in [-0.4, -0.2) is 41.9 Å². The third-order valence-corrected chi connectivity index (χ3v) is 5.48. The van der Waals surface area contributed by atoms with Gasteiger partial charge < -0.3 is 25.4 Å². The quantitative estimate of drug-likeness (QED) is 0.306. The average Bonchev–Trinajstić information content (AvgIpc) is 3.21. The minimum atomic E-state index is -0.593. The van der Waals surface area contributed by atoms with Crippen molar-refractivity contribution in [2.24, 2.45) is 0 Å². The Bertz CT molecular complexity index is 1230. The van der Waals surface area contributed by atoms with Crippen LogP contribution in [0.25, 0.3) is 11.2 Å². The molecule has 0 spiro atoms. The molecule has 0 saturated heterocycles. The van der Waals surface area contributed by atoms with Gasteiger partial charge in [0.05, 0.1) is 25.0 Å². The Labute approximate surface area is 191 Å². The van der Waals surface area contributed by atoms with Crippen LogP contribution in [0.2, 0.25) is 0 Å². The molecule has 0 aliphatic rings. The summed E-state index contributed by atoms with van der Waals surface area (Å²) in [5.74, 6) is 0.339. The summed E-state index contributed by atoms with van der Waals surface area (Å²) in [5, 5.41) is 26.5. The van der Waals surface area contributed by atoms with Crippen molar-refractivity contribution >= 4 is 22.9 Å². The molecule has 0 aliphatic carbocycles. The summed E-state index contributed by atoms with van der Waals surface area (Å²) in [7, 11) is 0. The van der Waals surface area contributed by atoms with E-state index in [1.54, 1.807) is 13.3 Å². The predicted octanol–water partition coefficient (Wildman–Crippen LogP) is 3.90. The number of hydrogen-bond acceptors (Lipinski definition) is 7. The first-order chi connectivity index (χ1) is 15.9. The Balaban J connectivity index is 1.71. The van der Waals surface area contributed by atoms with E-state index < -0.39 is 11.9 Å². The van der Waals surface area contributed by atoms with Gasteiger partial charge in [0.15, 0.2) is 17.0 Å². The molecule has 4 aromatic rings. The Kier molecular flexibility index (Phi) is 6.69. The molecule has 2 aromatic carbocycles. The fourth-order valence-corrected chi connectivity index (χ4v) is 3.63. The number of halogens is 1. The van der Waals surface area contributed by atoms with Crippen LogP contribution in [-0.2, 0) is 13.1 Å². The molecule has 0 fully saturated rings. The molecule has 33 heavy (non-hydrogen) atoms. The highest BCUT2D eigenvalue weighted by molar-refractivity contribution is 5.84. The zero-order chi connectivity index (χ0) is 23.4. The summed E-state index contributed by atoms with van der Waals surface area (Å²) in [4.78, 5) is 13.7. The maximum absolute atomic E-state index is 13.6. The number of aromatic nitrogens is 4. The molecule has 172 valence electrons. The smallest absolute Gasteiger partial charge is 0.227 e. The van der Waals surface area contributed by atoms with Gasteiger partial charge >= 0.3 is 0 Å². The van der Waals surface area contributed by atoms with Crippen LogP contribution in [0.1, 0.15) is 31.4 Å². The van der Waals surface area contributed by atoms with E-state index >= 15 is 0 Å². The lowest BCUT2D eigenvalue weighted by atomic mass is 10.1. The zero-order valence-corrected chi connectivity index (χ0v) is 18.5. The molecule has 0 bridgehead atoms. The van der Waals surface area contributed by atoms with Gasteiger partial charge in [0.1, 0.15) is 11.6 Å². The van der Waals surface area contributed by atoms with Gasteiger partial charge in [0.25, 0.3) is 0 Å². The van der Waals surface area contributed by atoms with Crippen LogP contribution in [0.15, 0.2) is 54.9 Å². The number of nitrogens with zero attached hydrogens (tertiary/aromatic N) is 4. The lowest BCUT2D eigenvalue weighted by Gasteiger charge is -2.20. The van der Waals surface area contributed by atoms with Crippen molar-refractivity contribution in [2.45, 2.75) is 45.5 Å². The topological polar surface area (TPSA) is 108 Å². The summed E-state index contributed by atoms with van der Waals surface area (Å²) < 4.78 is 15.6. The Morgan fingerprint density at radius 2 is 1.91 bits per heavy atom. The SMILES string of the molecule is CCC(Nc1nc(NCc2cc(F)ccc2O)c2ncn(Cc3ccccc3)c2n1)C(C)O. The van der Waals surface area contributed by atoms with Gasteiger partial charge in [-0.3, -0.25) is 0 Å². The average molecular weight is 451 g/mol. The summed E-state index contributed by atoms with van der Waals surface area (Å²) in [6.07, 6.45) is 1.79. The highest BCUT2D eigenvalue weighted by Gasteiger charge is 2.18. The second-order valence-corrected chi connectivity index (χ2v) is 7.95. The number of benzene rings is 2. The molecule has 2 heterocycles. The van der Waals surface area contributed by atoms with Crippen molar-refractivity contribution in [1.29, 1.82) is 0 Å². The molecule has 2 atom stereocenters. The van der Waals surface area contributed by atoms with Gasteiger partial charge in [0.2, 0.25) is 5.95 Å². The second-order valence-electron chi connectivity index (χ2n) is 7.95. The van der Waals surface area contributed by atoms with E-state index in [1.165, 1.54) is 18.2 Å². The van der Waals surface area contributed by atoms with Crippen LogP contribution in [0.4, 0.5) is 16.2 Å². The Hall–Kier alpha value is -3.72. The van der Waals surface area contributed by atoms with E-state index in [9.17, 15) is 14.6 Å². The molecular formula is C24H27FN6O2. The van der Waals surface area contributed by atoms with Crippen molar-refractivity contribution in [3.8, 4) is 5.75 Å². The van der Waals surface area contributed by atoms with E-state index in [0.717, 1.165) is 5.56 Å². The predicted molar refractivity (Wildman–Crippen MR) is 126 cm³/mol. The van der Waals surface area contributed by atoms with Gasteiger partial charge in [-0.15, -0.1) is 0 Å². The van der Waals surface area contributed by atoms with Crippen LogP contribution in [0.5, 0.6) is 5.75 Å². The highest BCUT2D eigenvalue weighted by Crippen LogP contribution is 2.25. The van der Waals surface area contributed by atoms with Crippen molar-refractivity contribution in [2.75, 3.05) is 10.6 Å². The normalized spacial score (nSPS) is 13.1. The molecule has 0 amide bonds. The molecule has 2 aromatic heterocycles. The number of imidazole rings is 1. The van der Waals surface area contributed by atoms with E-state index in [0.29, 0.717) is 41.5 Å². The number of nitrogens with one attached hydrogen (secondary N) is 2. The van der Waals surface area contributed by atoms with E-state index in [4.69, 9.17) is 0 Å². The minimum Gasteiger partial charge on any atom is -0.508 e. The second kappa shape index (κ2) is 9.83. The monoisotopic (exact) mass is 450 g/mol. The number of aliphatic hydroxyl groups excluding tert-OH is 1. The molecule has 0 radical (unpaired) electrons. The van der Waals surface area contributed by atoms with Crippen molar-refractivity contribution in [3.05, 3.63) is 71.8 Å². The molecule has 2 unspecified atom stereocenters. The number of anilines is 2. The number of aromatic hydroxyl groups is 1. The number of hydrogen-bond donors (Lipinski definition) is 4. The number of rotatable bonds is 9. The molecule has 9 heteroatoms. The summed E-state index contributed by atoms with van der Waals surface area (Å²) in [6.45, 7) is 4.40. The van der Waals surface area contributed by atoms with Crippen LogP contribution >= 0.6 is 0 Å². The molecule has 4 N–H and O–H groups in total. The summed E-state index contributed by atoms with van der Waals surface area (Å²) in [6, 6.07) is 13.5. The molecular weight excluding hydrogens is 423 g/mol. The van der Waals surface area contributed by atoms with Gasteiger partial charge in [-0.2, -0.15) is 9.97 Å². The first-order valence-corrected chi connectivity index (χ1v) is 10.9. The summed E-state index contributed by atoms with van der Waals surface area (Å²) in [5.41, 5.74) is 2.66. The Morgan fingerprint density at radius 1 is 1.12 bits per heavy atom. The van der Waals surface area contributed by atoms with Crippen molar-refractivity contribution in [1.82, 2.24) is 19.5 Å². The van der Waals surface area contributed by atoms with Crippen LogP contribution in [0, 0.1) is 5.82 Å². The molecule has 8 nitrogen and oxygen atoms in total. The number of phenols is 1. The first-order valence-electron chi connectivity index (χ1n) is 10.9. The van der Waals surface area contributed by atoms with Crippen LogP contribution < -0.4 is 10.6 Å². The standard InChI is InChI=1S/C24H27FN6O2/c1-3-19(15(2)32)28-24-29-22(26-12-17-11-18(25)9-10-20(17)33)21-23(30-24)31(14-27-21)13-16-7-5-4-6-8-16/h4-11,14-15,19,32-33H,3,12-13H2,1-2H3,(H2,26,28,29,30). The minimum absolute atomic E-state index is 0.0118. The van der Waals surface area contributed by atoms with E-state index in [-0.39, 0.29) is 18.3 Å². The van der Waals surface area contributed by atoms with Gasteiger partial charge in [-0.05, 0) is 37.1 Å². The van der Waals surface area contributed by atoms with Gasteiger partial charge in [-0.25, -0.2) is 9.37 Å². The third-order valence-electron chi connectivity index (χ3n) is 5.48. The van der Waals surface area contributed by atoms with E-state index in [2.05, 4.69) is 25.6 Å². The molecule has 4 rings (SSSR count). The number of aliphatic hydroxyl groups is 1. The third kappa shape index (κ3) is 5.20. The maximum Gasteiger partial charge on any atom is 0.227 e. The van der Waals surface area contributed by atoms with Gasteiger partial charge in [0, 0.05) is 12.1 Å². The lowest BCUT2D eigenvalue weighted by molar-refractivity contribution is 0.169.